The molecule has 0 aliphatic rings. The Kier molecular flexibility index (Phi) is 4.54. The van der Waals surface area contributed by atoms with Gasteiger partial charge in [0.05, 0.1) is 17.1 Å². The quantitative estimate of drug-likeness (QED) is 0.891. The van der Waals surface area contributed by atoms with Crippen molar-refractivity contribution < 1.29 is 4.74 Å². The highest BCUT2D eigenvalue weighted by Gasteiger charge is 2.11. The molecule has 0 fully saturated rings. The molecule has 98 valence electrons. The smallest absolute Gasteiger partial charge is 0.243 e. The molecular weight excluding hydrogens is 296 g/mol. The van der Waals surface area contributed by atoms with Gasteiger partial charge in [-0.2, -0.15) is 4.98 Å². The Balaban J connectivity index is 2.17. The molecule has 1 N–H and O–H groups in total. The van der Waals surface area contributed by atoms with Crippen molar-refractivity contribution in [1.29, 1.82) is 0 Å². The van der Waals surface area contributed by atoms with Gasteiger partial charge in [-0.05, 0) is 34.5 Å². The molecule has 1 atom stereocenters. The molecule has 1 unspecified atom stereocenters. The van der Waals surface area contributed by atoms with Gasteiger partial charge in [-0.15, -0.1) is 5.10 Å². The number of anilines is 1. The second-order valence-corrected chi connectivity index (χ2v) is 5.00. The molecule has 0 spiro atoms. The van der Waals surface area contributed by atoms with Crippen LogP contribution in [0.4, 0.5) is 5.95 Å². The van der Waals surface area contributed by atoms with Crippen LogP contribution in [0.15, 0.2) is 22.8 Å². The molecule has 2 aromatic rings. The van der Waals surface area contributed by atoms with Gasteiger partial charge in [-0.1, -0.05) is 13.3 Å². The van der Waals surface area contributed by atoms with E-state index in [0.29, 0.717) is 12.6 Å². The third-order valence-corrected chi connectivity index (χ3v) is 3.27. The molecule has 18 heavy (non-hydrogen) atoms. The molecule has 0 radical (unpaired) electrons. The van der Waals surface area contributed by atoms with Crippen LogP contribution in [-0.4, -0.2) is 34.4 Å². The molecule has 6 heteroatoms. The first-order valence-corrected chi connectivity index (χ1v) is 6.80. The molecule has 2 heterocycles. The summed E-state index contributed by atoms with van der Waals surface area (Å²) in [6, 6.07) is 4.12. The number of hydrogen-bond donors (Lipinski definition) is 1. The summed E-state index contributed by atoms with van der Waals surface area (Å²) in [7, 11) is 1.71. The minimum absolute atomic E-state index is 0.246. The summed E-state index contributed by atoms with van der Waals surface area (Å²) in [6.45, 7) is 2.81. The summed E-state index contributed by atoms with van der Waals surface area (Å²) in [4.78, 5) is 4.45. The highest BCUT2D eigenvalue weighted by molar-refractivity contribution is 9.10. The molecule has 2 aromatic heterocycles. The third-order valence-electron chi connectivity index (χ3n) is 2.65. The molecule has 0 bridgehead atoms. The number of nitrogens with one attached hydrogen (secondary N) is 1. The number of fused-ring (bicyclic) bond motifs is 1. The van der Waals surface area contributed by atoms with Crippen LogP contribution >= 0.6 is 15.9 Å². The van der Waals surface area contributed by atoms with Crippen LogP contribution in [0.5, 0.6) is 0 Å². The van der Waals surface area contributed by atoms with Gasteiger partial charge >= 0.3 is 0 Å². The van der Waals surface area contributed by atoms with Crippen LogP contribution in [0.3, 0.4) is 0 Å². The molecule has 2 rings (SSSR count). The van der Waals surface area contributed by atoms with Crippen LogP contribution in [0.2, 0.25) is 0 Å². The van der Waals surface area contributed by atoms with Crippen molar-refractivity contribution in [2.24, 2.45) is 0 Å². The van der Waals surface area contributed by atoms with E-state index in [9.17, 15) is 0 Å². The maximum Gasteiger partial charge on any atom is 0.243 e. The standard InChI is InChI=1S/C12H17BrN4O/c1-3-5-9(8-18-2)14-12-15-11-10(13)6-4-7-17(11)16-12/h4,6-7,9H,3,5,8H2,1-2H3,(H,14,16). The number of hydrogen-bond acceptors (Lipinski definition) is 4. The summed E-state index contributed by atoms with van der Waals surface area (Å²) >= 11 is 3.46. The Hall–Kier alpha value is -1.14. The largest absolute Gasteiger partial charge is 0.383 e. The number of rotatable bonds is 6. The van der Waals surface area contributed by atoms with Crippen molar-refractivity contribution in [3.63, 3.8) is 0 Å². The molecular formula is C12H17BrN4O. The second-order valence-electron chi connectivity index (χ2n) is 4.14. The zero-order valence-corrected chi connectivity index (χ0v) is 12.1. The number of methoxy groups -OCH3 is 1. The Labute approximate surface area is 115 Å². The predicted octanol–water partition coefficient (Wildman–Crippen LogP) is 2.72. The summed E-state index contributed by atoms with van der Waals surface area (Å²) in [6.07, 6.45) is 4.01. The lowest BCUT2D eigenvalue weighted by molar-refractivity contribution is 0.182. The topological polar surface area (TPSA) is 51.5 Å². The van der Waals surface area contributed by atoms with E-state index in [2.05, 4.69) is 38.3 Å². The van der Waals surface area contributed by atoms with Gasteiger partial charge in [0.1, 0.15) is 0 Å². The van der Waals surface area contributed by atoms with E-state index in [1.807, 2.05) is 18.3 Å². The zero-order valence-electron chi connectivity index (χ0n) is 10.6. The van der Waals surface area contributed by atoms with E-state index < -0.39 is 0 Å². The number of halogens is 1. The Bertz CT molecular complexity index is 508. The Morgan fingerprint density at radius 3 is 3.06 bits per heavy atom. The van der Waals surface area contributed by atoms with Gasteiger partial charge in [0.15, 0.2) is 5.65 Å². The van der Waals surface area contributed by atoms with E-state index in [1.165, 1.54) is 0 Å². The molecule has 0 aromatic carbocycles. The number of ether oxygens (including phenoxy) is 1. The molecule has 0 amide bonds. The van der Waals surface area contributed by atoms with Crippen molar-refractivity contribution >= 4 is 27.5 Å². The fourth-order valence-corrected chi connectivity index (χ4v) is 2.29. The van der Waals surface area contributed by atoms with Gasteiger partial charge in [-0.3, -0.25) is 0 Å². The van der Waals surface area contributed by atoms with Crippen LogP contribution in [0.25, 0.3) is 5.65 Å². The highest BCUT2D eigenvalue weighted by atomic mass is 79.9. The number of pyridine rings is 1. The minimum Gasteiger partial charge on any atom is -0.383 e. The summed E-state index contributed by atoms with van der Waals surface area (Å²) in [5.74, 6) is 0.636. The minimum atomic E-state index is 0.246. The maximum atomic E-state index is 5.19. The average molecular weight is 313 g/mol. The zero-order chi connectivity index (χ0) is 13.0. The lowest BCUT2D eigenvalue weighted by Gasteiger charge is -2.15. The highest BCUT2D eigenvalue weighted by Crippen LogP contribution is 2.17. The fourth-order valence-electron chi connectivity index (χ4n) is 1.86. The Morgan fingerprint density at radius 2 is 2.39 bits per heavy atom. The van der Waals surface area contributed by atoms with Crippen molar-refractivity contribution in [3.8, 4) is 0 Å². The van der Waals surface area contributed by atoms with Crippen molar-refractivity contribution in [2.45, 2.75) is 25.8 Å². The number of nitrogens with zero attached hydrogens (tertiary/aromatic N) is 3. The SMILES string of the molecule is CCCC(COC)Nc1nc2c(Br)cccn2n1. The van der Waals surface area contributed by atoms with E-state index in [4.69, 9.17) is 4.74 Å². The molecule has 0 aliphatic carbocycles. The maximum absolute atomic E-state index is 5.19. The van der Waals surface area contributed by atoms with Crippen LogP contribution in [0.1, 0.15) is 19.8 Å². The summed E-state index contributed by atoms with van der Waals surface area (Å²) in [5.41, 5.74) is 0.813. The van der Waals surface area contributed by atoms with E-state index in [1.54, 1.807) is 11.6 Å². The van der Waals surface area contributed by atoms with Gasteiger partial charge in [-0.25, -0.2) is 4.52 Å². The first kappa shape index (κ1) is 13.3. The van der Waals surface area contributed by atoms with Gasteiger partial charge < -0.3 is 10.1 Å². The van der Waals surface area contributed by atoms with Crippen molar-refractivity contribution in [3.05, 3.63) is 22.8 Å². The van der Waals surface area contributed by atoms with Gasteiger partial charge in [0.2, 0.25) is 5.95 Å². The van der Waals surface area contributed by atoms with Crippen molar-refractivity contribution in [2.75, 3.05) is 19.0 Å². The average Bonchev–Trinajstić information content (AvgIpc) is 2.74. The van der Waals surface area contributed by atoms with Gasteiger partial charge in [0, 0.05) is 13.3 Å². The van der Waals surface area contributed by atoms with Crippen LogP contribution < -0.4 is 5.32 Å². The van der Waals surface area contributed by atoms with E-state index in [-0.39, 0.29) is 6.04 Å². The van der Waals surface area contributed by atoms with E-state index in [0.717, 1.165) is 23.0 Å². The number of aromatic nitrogens is 3. The molecule has 0 saturated carbocycles. The Morgan fingerprint density at radius 1 is 1.56 bits per heavy atom. The third kappa shape index (κ3) is 3.00. The van der Waals surface area contributed by atoms with E-state index >= 15 is 0 Å². The summed E-state index contributed by atoms with van der Waals surface area (Å²) in [5, 5.41) is 7.70. The van der Waals surface area contributed by atoms with Crippen LogP contribution in [0, 0.1) is 0 Å². The first-order valence-electron chi connectivity index (χ1n) is 6.01. The fraction of sp³-hybridized carbons (Fsp3) is 0.500. The van der Waals surface area contributed by atoms with Crippen LogP contribution in [-0.2, 0) is 4.74 Å². The van der Waals surface area contributed by atoms with Crippen molar-refractivity contribution in [1.82, 2.24) is 14.6 Å². The van der Waals surface area contributed by atoms with Gasteiger partial charge in [0.25, 0.3) is 0 Å². The molecule has 0 aliphatic heterocycles. The lowest BCUT2D eigenvalue weighted by atomic mass is 10.2. The monoisotopic (exact) mass is 312 g/mol. The second kappa shape index (κ2) is 6.15. The summed E-state index contributed by atoms with van der Waals surface area (Å²) < 4.78 is 7.88. The molecule has 0 saturated heterocycles. The normalized spacial score (nSPS) is 12.8. The first-order chi connectivity index (χ1) is 8.74. The predicted molar refractivity (Wildman–Crippen MR) is 74.9 cm³/mol. The molecule has 5 nitrogen and oxygen atoms in total. The lowest BCUT2D eigenvalue weighted by Crippen LogP contribution is -2.25.